The van der Waals surface area contributed by atoms with Crippen LogP contribution in [0.15, 0.2) is 23.6 Å². The van der Waals surface area contributed by atoms with Crippen LogP contribution >= 0.6 is 11.3 Å². The number of aryl methyl sites for hydroxylation is 1. The van der Waals surface area contributed by atoms with E-state index in [1.165, 1.54) is 35.0 Å². The number of rotatable bonds is 8. The van der Waals surface area contributed by atoms with Gasteiger partial charge in [-0.2, -0.15) is 0 Å². The summed E-state index contributed by atoms with van der Waals surface area (Å²) >= 11 is 1.75. The van der Waals surface area contributed by atoms with Crippen molar-refractivity contribution < 1.29 is 19.1 Å². The molecule has 2 saturated heterocycles. The summed E-state index contributed by atoms with van der Waals surface area (Å²) in [6, 6.07) is 6.48. The Morgan fingerprint density at radius 3 is 2.76 bits per heavy atom. The molecule has 5 heterocycles. The van der Waals surface area contributed by atoms with Crippen LogP contribution in [0.3, 0.4) is 0 Å². The third-order valence-corrected chi connectivity index (χ3v) is 10.6. The molecule has 0 unspecified atom stereocenters. The number of benzene rings is 1. The molecule has 2 saturated carbocycles. The quantitative estimate of drug-likeness (QED) is 0.286. The van der Waals surface area contributed by atoms with Crippen LogP contribution in [0.1, 0.15) is 48.0 Å². The maximum atomic E-state index is 13.6. The lowest BCUT2D eigenvalue weighted by Crippen LogP contribution is -2.37. The van der Waals surface area contributed by atoms with Gasteiger partial charge in [0, 0.05) is 38.3 Å². The molecule has 0 spiro atoms. The third-order valence-electron chi connectivity index (χ3n) is 9.63. The van der Waals surface area contributed by atoms with E-state index < -0.39 is 0 Å². The van der Waals surface area contributed by atoms with Gasteiger partial charge in [-0.05, 0) is 79.5 Å². The minimum absolute atomic E-state index is 0.0914. The Kier molecular flexibility index (Phi) is 5.84. The average molecular weight is 574 g/mol. The van der Waals surface area contributed by atoms with Gasteiger partial charge in [0.25, 0.3) is 5.91 Å². The fourth-order valence-electron chi connectivity index (χ4n) is 7.29. The summed E-state index contributed by atoms with van der Waals surface area (Å²) in [6.07, 6.45) is 6.57. The van der Waals surface area contributed by atoms with Crippen LogP contribution in [-0.2, 0) is 24.8 Å². The van der Waals surface area contributed by atoms with Gasteiger partial charge in [0.2, 0.25) is 0 Å². The Bertz CT molecular complexity index is 1700. The fourth-order valence-corrected chi connectivity index (χ4v) is 8.32. The number of imidazole rings is 1. The van der Waals surface area contributed by atoms with Crippen molar-refractivity contribution in [3.63, 3.8) is 0 Å². The normalized spacial score (nSPS) is 22.0. The molecule has 2 amide bonds. The molecule has 4 aromatic rings. The molecule has 1 aromatic carbocycles. The van der Waals surface area contributed by atoms with E-state index in [0.717, 1.165) is 54.9 Å². The van der Waals surface area contributed by atoms with E-state index in [1.807, 2.05) is 19.2 Å². The zero-order valence-electron chi connectivity index (χ0n) is 23.6. The molecule has 0 radical (unpaired) electrons. The molecule has 2 aliphatic carbocycles. The molecule has 0 N–H and O–H groups in total. The topological polar surface area (TPSA) is 81.8 Å². The van der Waals surface area contributed by atoms with Crippen molar-refractivity contribution in [2.75, 3.05) is 33.4 Å². The van der Waals surface area contributed by atoms with Crippen LogP contribution in [-0.4, -0.2) is 75.3 Å². The summed E-state index contributed by atoms with van der Waals surface area (Å²) in [5.74, 6) is 2.97. The van der Waals surface area contributed by atoms with Crippen molar-refractivity contribution in [2.45, 2.75) is 51.1 Å². The average Bonchev–Trinajstić information content (AvgIpc) is 3.52. The number of fused-ring (bicyclic) bond motifs is 4. The standard InChI is InChI=1S/C31H35N5O4S/c1-33-28-23(12-21(13-25(28)39-2)30(37)35-16-19-5-6-22(35)11-19)32-29(33)24-14-26-27(36(24)15-18-3-4-18)20(17-41-26)7-8-34-9-10-40-31(34)38/h12-14,17-19,22H,3-11,15-16H2,1-2H3/t19-,22+/m0/s1. The molecule has 214 valence electrons. The van der Waals surface area contributed by atoms with E-state index in [0.29, 0.717) is 48.9 Å². The second-order valence-corrected chi connectivity index (χ2v) is 13.2. The van der Waals surface area contributed by atoms with Crippen molar-refractivity contribution in [3.8, 4) is 17.3 Å². The number of aromatic nitrogens is 3. The number of thiophene rings is 1. The lowest BCUT2D eigenvalue weighted by molar-refractivity contribution is 0.0703. The van der Waals surface area contributed by atoms with Gasteiger partial charge in [0.1, 0.15) is 17.9 Å². The van der Waals surface area contributed by atoms with Crippen LogP contribution in [0, 0.1) is 11.8 Å². The van der Waals surface area contributed by atoms with Crippen molar-refractivity contribution in [1.82, 2.24) is 23.9 Å². The summed E-state index contributed by atoms with van der Waals surface area (Å²) in [6.45, 7) is 3.61. The Balaban J connectivity index is 1.19. The Morgan fingerprint density at radius 2 is 2.05 bits per heavy atom. The molecule has 2 aliphatic heterocycles. The van der Waals surface area contributed by atoms with Crippen LogP contribution in [0.25, 0.3) is 32.8 Å². The molecular formula is C31H35N5O4S. The van der Waals surface area contributed by atoms with Crippen molar-refractivity contribution in [1.29, 1.82) is 0 Å². The number of carbonyl (C=O) groups excluding carboxylic acids is 2. The SMILES string of the molecule is COc1cc(C(=O)N2C[C@H]3CC[C@@H]2C3)cc2nc(-c3cc4scc(CCN5CCOC5=O)c4n3CC3CC3)n(C)c12. The van der Waals surface area contributed by atoms with Gasteiger partial charge in [0.15, 0.2) is 5.82 Å². The van der Waals surface area contributed by atoms with Crippen LogP contribution in [0.2, 0.25) is 0 Å². The number of hydrogen-bond donors (Lipinski definition) is 0. The summed E-state index contributed by atoms with van der Waals surface area (Å²) in [7, 11) is 3.71. The summed E-state index contributed by atoms with van der Waals surface area (Å²) < 4.78 is 16.8. The van der Waals surface area contributed by atoms with E-state index in [4.69, 9.17) is 14.5 Å². The molecule has 41 heavy (non-hydrogen) atoms. The first-order chi connectivity index (χ1) is 20.0. The molecule has 3 aromatic heterocycles. The highest BCUT2D eigenvalue weighted by atomic mass is 32.1. The minimum atomic E-state index is -0.214. The van der Waals surface area contributed by atoms with Crippen molar-refractivity contribution in [2.24, 2.45) is 18.9 Å². The summed E-state index contributed by atoms with van der Waals surface area (Å²) in [4.78, 5) is 34.6. The van der Waals surface area contributed by atoms with E-state index >= 15 is 0 Å². The van der Waals surface area contributed by atoms with E-state index in [1.54, 1.807) is 23.3 Å². The number of hydrogen-bond acceptors (Lipinski definition) is 6. The smallest absolute Gasteiger partial charge is 0.409 e. The number of amides is 2. The van der Waals surface area contributed by atoms with Crippen LogP contribution in [0.4, 0.5) is 4.79 Å². The largest absolute Gasteiger partial charge is 0.494 e. The number of likely N-dealkylation sites (tertiary alicyclic amines) is 1. The molecule has 2 atom stereocenters. The minimum Gasteiger partial charge on any atom is -0.494 e. The zero-order valence-corrected chi connectivity index (χ0v) is 24.4. The molecule has 2 bridgehead atoms. The van der Waals surface area contributed by atoms with E-state index in [2.05, 4.69) is 25.5 Å². The van der Waals surface area contributed by atoms with Gasteiger partial charge < -0.3 is 28.4 Å². The number of nitrogens with zero attached hydrogens (tertiary/aromatic N) is 5. The fraction of sp³-hybridized carbons (Fsp3) is 0.516. The highest BCUT2D eigenvalue weighted by molar-refractivity contribution is 7.17. The molecule has 4 aliphatic rings. The Hall–Kier alpha value is -3.53. The van der Waals surface area contributed by atoms with Crippen molar-refractivity contribution >= 4 is 44.6 Å². The first-order valence-corrected chi connectivity index (χ1v) is 15.7. The van der Waals surface area contributed by atoms with Gasteiger partial charge in [0.05, 0.1) is 35.1 Å². The first kappa shape index (κ1) is 25.2. The highest BCUT2D eigenvalue weighted by Gasteiger charge is 2.40. The first-order valence-electron chi connectivity index (χ1n) is 14.9. The van der Waals surface area contributed by atoms with Crippen LogP contribution < -0.4 is 4.74 Å². The predicted molar refractivity (Wildman–Crippen MR) is 158 cm³/mol. The molecule has 8 rings (SSSR count). The highest BCUT2D eigenvalue weighted by Crippen LogP contribution is 2.42. The number of methoxy groups -OCH3 is 1. The van der Waals surface area contributed by atoms with E-state index in [-0.39, 0.29) is 12.0 Å². The summed E-state index contributed by atoms with van der Waals surface area (Å²) in [5, 5.41) is 2.24. The number of ether oxygens (including phenoxy) is 2. The van der Waals surface area contributed by atoms with Crippen molar-refractivity contribution in [3.05, 3.63) is 34.7 Å². The monoisotopic (exact) mass is 573 g/mol. The molecule has 4 fully saturated rings. The maximum Gasteiger partial charge on any atom is 0.409 e. The number of cyclic esters (lactones) is 1. The second kappa shape index (κ2) is 9.51. The molecular weight excluding hydrogens is 538 g/mol. The third kappa shape index (κ3) is 4.13. The maximum absolute atomic E-state index is 13.6. The number of piperidine rings is 1. The van der Waals surface area contributed by atoms with Gasteiger partial charge >= 0.3 is 6.09 Å². The lowest BCUT2D eigenvalue weighted by atomic mass is 10.1. The van der Waals surface area contributed by atoms with Gasteiger partial charge in [-0.25, -0.2) is 9.78 Å². The Morgan fingerprint density at radius 1 is 1.17 bits per heavy atom. The van der Waals surface area contributed by atoms with E-state index in [9.17, 15) is 9.59 Å². The summed E-state index contributed by atoms with van der Waals surface area (Å²) in [5.41, 5.74) is 5.95. The predicted octanol–water partition coefficient (Wildman–Crippen LogP) is 5.29. The van der Waals surface area contributed by atoms with Crippen LogP contribution in [0.5, 0.6) is 5.75 Å². The Labute approximate surface area is 242 Å². The van der Waals surface area contributed by atoms with Gasteiger partial charge in [-0.3, -0.25) is 4.79 Å². The molecule has 10 heteroatoms. The lowest BCUT2D eigenvalue weighted by Gasteiger charge is -2.27. The zero-order chi connectivity index (χ0) is 27.8. The van der Waals surface area contributed by atoms with Gasteiger partial charge in [-0.1, -0.05) is 0 Å². The number of carbonyl (C=O) groups is 2. The second-order valence-electron chi connectivity index (χ2n) is 12.2. The van der Waals surface area contributed by atoms with Gasteiger partial charge in [-0.15, -0.1) is 11.3 Å². The molecule has 9 nitrogen and oxygen atoms in total.